The van der Waals surface area contributed by atoms with Gasteiger partial charge in [0.1, 0.15) is 19.0 Å². The third-order valence-corrected chi connectivity index (χ3v) is 4.23. The fourth-order valence-electron chi connectivity index (χ4n) is 2.13. The number of carbonyl (C=O) groups is 1. The van der Waals surface area contributed by atoms with E-state index in [-0.39, 0.29) is 11.5 Å². The van der Waals surface area contributed by atoms with Crippen LogP contribution < -0.4 is 9.47 Å². The zero-order chi connectivity index (χ0) is 15.4. The average molecular weight is 314 g/mol. The van der Waals surface area contributed by atoms with Crippen LogP contribution in [-0.4, -0.2) is 24.3 Å². The van der Waals surface area contributed by atoms with Gasteiger partial charge in [-0.15, -0.1) is 11.3 Å². The lowest BCUT2D eigenvalue weighted by Gasteiger charge is -2.08. The zero-order valence-corrected chi connectivity index (χ0v) is 12.5. The van der Waals surface area contributed by atoms with Crippen molar-refractivity contribution in [1.29, 1.82) is 0 Å². The molecule has 112 valence electrons. The Hall–Kier alpha value is -2.53. The fraction of sp³-hybridized carbons (Fsp3) is 0.118. The van der Waals surface area contributed by atoms with Gasteiger partial charge in [0.2, 0.25) is 0 Å². The second kappa shape index (κ2) is 6.49. The van der Waals surface area contributed by atoms with Gasteiger partial charge in [-0.25, -0.2) is 4.79 Å². The molecule has 0 spiro atoms. The minimum atomic E-state index is -0.972. The van der Waals surface area contributed by atoms with E-state index < -0.39 is 5.97 Å². The van der Waals surface area contributed by atoms with Gasteiger partial charge in [-0.2, -0.15) is 0 Å². The Kier molecular flexibility index (Phi) is 4.25. The van der Waals surface area contributed by atoms with Gasteiger partial charge in [-0.1, -0.05) is 30.3 Å². The van der Waals surface area contributed by atoms with Crippen LogP contribution in [-0.2, 0) is 0 Å². The van der Waals surface area contributed by atoms with E-state index in [4.69, 9.17) is 9.47 Å². The van der Waals surface area contributed by atoms with Gasteiger partial charge in [-0.3, -0.25) is 0 Å². The number of benzene rings is 2. The van der Waals surface area contributed by atoms with Crippen molar-refractivity contribution in [1.82, 2.24) is 0 Å². The molecule has 3 aromatic rings. The zero-order valence-electron chi connectivity index (χ0n) is 11.7. The second-order valence-corrected chi connectivity index (χ2v) is 5.62. The average Bonchev–Trinajstić information content (AvgIpc) is 2.92. The van der Waals surface area contributed by atoms with Crippen LogP contribution in [0.3, 0.4) is 0 Å². The molecule has 0 atom stereocenters. The standard InChI is InChI=1S/C17H14O4S/c18-17(19)16-15(13-8-4-5-9-14(13)22-16)21-11-10-20-12-6-2-1-3-7-12/h1-9H,10-11H2,(H,18,19). The minimum Gasteiger partial charge on any atom is -0.490 e. The third kappa shape index (κ3) is 3.04. The van der Waals surface area contributed by atoms with E-state index in [1.165, 1.54) is 11.3 Å². The van der Waals surface area contributed by atoms with Gasteiger partial charge in [0.15, 0.2) is 10.6 Å². The van der Waals surface area contributed by atoms with Crippen molar-refractivity contribution in [3.05, 3.63) is 59.5 Å². The number of para-hydroxylation sites is 1. The summed E-state index contributed by atoms with van der Waals surface area (Å²) in [5, 5.41) is 10.1. The molecule has 1 N–H and O–H groups in total. The monoisotopic (exact) mass is 314 g/mol. The molecular formula is C17H14O4S. The first-order valence-electron chi connectivity index (χ1n) is 6.81. The molecule has 0 aliphatic heterocycles. The molecule has 0 fully saturated rings. The van der Waals surface area contributed by atoms with Gasteiger partial charge >= 0.3 is 5.97 Å². The SMILES string of the molecule is O=C(O)c1sc2ccccc2c1OCCOc1ccccc1. The number of aromatic carboxylic acids is 1. The molecule has 1 aromatic heterocycles. The van der Waals surface area contributed by atoms with E-state index in [0.29, 0.717) is 12.4 Å². The van der Waals surface area contributed by atoms with Crippen LogP contribution in [0.4, 0.5) is 0 Å². The first kappa shape index (κ1) is 14.4. The topological polar surface area (TPSA) is 55.8 Å². The fourth-order valence-corrected chi connectivity index (χ4v) is 3.11. The Morgan fingerprint density at radius 3 is 2.41 bits per heavy atom. The summed E-state index contributed by atoms with van der Waals surface area (Å²) in [4.78, 5) is 11.6. The summed E-state index contributed by atoms with van der Waals surface area (Å²) < 4.78 is 12.1. The quantitative estimate of drug-likeness (QED) is 0.697. The first-order chi connectivity index (χ1) is 10.8. The highest BCUT2D eigenvalue weighted by atomic mass is 32.1. The smallest absolute Gasteiger partial charge is 0.349 e. The van der Waals surface area contributed by atoms with E-state index in [2.05, 4.69) is 0 Å². The van der Waals surface area contributed by atoms with Crippen molar-refractivity contribution >= 4 is 27.4 Å². The molecule has 1 heterocycles. The molecule has 0 aliphatic rings. The molecule has 0 amide bonds. The maximum absolute atomic E-state index is 11.3. The van der Waals surface area contributed by atoms with Gasteiger partial charge in [-0.05, 0) is 24.3 Å². The van der Waals surface area contributed by atoms with Crippen LogP contribution in [0.25, 0.3) is 10.1 Å². The maximum Gasteiger partial charge on any atom is 0.349 e. The maximum atomic E-state index is 11.3. The Morgan fingerprint density at radius 1 is 0.955 bits per heavy atom. The molecule has 2 aromatic carbocycles. The number of ether oxygens (including phenoxy) is 2. The van der Waals surface area contributed by atoms with Crippen LogP contribution >= 0.6 is 11.3 Å². The van der Waals surface area contributed by atoms with Crippen molar-refractivity contribution in [3.8, 4) is 11.5 Å². The van der Waals surface area contributed by atoms with Gasteiger partial charge in [0.05, 0.1) is 0 Å². The molecule has 0 aliphatic carbocycles. The highest BCUT2D eigenvalue weighted by Crippen LogP contribution is 2.37. The van der Waals surface area contributed by atoms with Crippen LogP contribution in [0.1, 0.15) is 9.67 Å². The summed E-state index contributed by atoms with van der Waals surface area (Å²) in [5.41, 5.74) is 0. The molecule has 3 rings (SSSR count). The predicted octanol–water partition coefficient (Wildman–Crippen LogP) is 4.06. The van der Waals surface area contributed by atoms with Crippen molar-refractivity contribution in [2.24, 2.45) is 0 Å². The summed E-state index contributed by atoms with van der Waals surface area (Å²) in [6, 6.07) is 16.9. The summed E-state index contributed by atoms with van der Waals surface area (Å²) in [6.45, 7) is 0.642. The van der Waals surface area contributed by atoms with Crippen molar-refractivity contribution in [2.75, 3.05) is 13.2 Å². The molecule has 0 radical (unpaired) electrons. The van der Waals surface area contributed by atoms with Gasteiger partial charge < -0.3 is 14.6 Å². The van der Waals surface area contributed by atoms with Gasteiger partial charge in [0.25, 0.3) is 0 Å². The molecular weight excluding hydrogens is 300 g/mol. The van der Waals surface area contributed by atoms with Crippen LogP contribution in [0.15, 0.2) is 54.6 Å². The molecule has 0 saturated carbocycles. The van der Waals surface area contributed by atoms with Crippen LogP contribution in [0.5, 0.6) is 11.5 Å². The van der Waals surface area contributed by atoms with E-state index in [9.17, 15) is 9.90 Å². The lowest BCUT2D eigenvalue weighted by atomic mass is 10.2. The minimum absolute atomic E-state index is 0.223. The van der Waals surface area contributed by atoms with E-state index in [1.807, 2.05) is 54.6 Å². The molecule has 0 unspecified atom stereocenters. The number of hydrogen-bond acceptors (Lipinski definition) is 4. The first-order valence-corrected chi connectivity index (χ1v) is 7.63. The van der Waals surface area contributed by atoms with Crippen LogP contribution in [0.2, 0.25) is 0 Å². The Morgan fingerprint density at radius 2 is 1.64 bits per heavy atom. The number of fused-ring (bicyclic) bond motifs is 1. The molecule has 0 bridgehead atoms. The summed E-state index contributed by atoms with van der Waals surface area (Å²) in [6.07, 6.45) is 0. The van der Waals surface area contributed by atoms with Crippen molar-refractivity contribution in [3.63, 3.8) is 0 Å². The van der Waals surface area contributed by atoms with Crippen molar-refractivity contribution in [2.45, 2.75) is 0 Å². The summed E-state index contributed by atoms with van der Waals surface area (Å²) in [5.74, 6) is 0.213. The van der Waals surface area contributed by atoms with E-state index >= 15 is 0 Å². The number of carboxylic acid groups (broad SMARTS) is 1. The molecule has 22 heavy (non-hydrogen) atoms. The second-order valence-electron chi connectivity index (χ2n) is 4.57. The third-order valence-electron chi connectivity index (χ3n) is 3.09. The lowest BCUT2D eigenvalue weighted by molar-refractivity contribution is 0.0697. The molecule has 0 saturated heterocycles. The summed E-state index contributed by atoms with van der Waals surface area (Å²) in [7, 11) is 0. The van der Waals surface area contributed by atoms with Crippen molar-refractivity contribution < 1.29 is 19.4 Å². The summed E-state index contributed by atoms with van der Waals surface area (Å²) >= 11 is 1.22. The van der Waals surface area contributed by atoms with E-state index in [0.717, 1.165) is 15.8 Å². The molecule has 5 heteroatoms. The normalized spacial score (nSPS) is 10.5. The highest BCUT2D eigenvalue weighted by Gasteiger charge is 2.18. The largest absolute Gasteiger partial charge is 0.490 e. The number of hydrogen-bond donors (Lipinski definition) is 1. The Balaban J connectivity index is 1.70. The van der Waals surface area contributed by atoms with Gasteiger partial charge in [0, 0.05) is 10.1 Å². The van der Waals surface area contributed by atoms with Crippen LogP contribution in [0, 0.1) is 0 Å². The Bertz CT molecular complexity index is 780. The molecule has 4 nitrogen and oxygen atoms in total. The predicted molar refractivity (Wildman–Crippen MR) is 86.2 cm³/mol. The number of thiophene rings is 1. The number of rotatable bonds is 6. The number of carboxylic acids is 1. The van der Waals surface area contributed by atoms with E-state index in [1.54, 1.807) is 0 Å². The Labute approximate surface area is 131 Å². The lowest BCUT2D eigenvalue weighted by Crippen LogP contribution is -2.10. The highest BCUT2D eigenvalue weighted by molar-refractivity contribution is 7.21.